The van der Waals surface area contributed by atoms with Crippen LogP contribution < -0.4 is 9.47 Å². The lowest BCUT2D eigenvalue weighted by molar-refractivity contribution is -0.385. The van der Waals surface area contributed by atoms with Crippen molar-refractivity contribution >= 4 is 11.5 Å². The van der Waals surface area contributed by atoms with Crippen LogP contribution in [0.15, 0.2) is 42.5 Å². The van der Waals surface area contributed by atoms with Gasteiger partial charge in [-0.25, -0.2) is 0 Å². The molecule has 22 heavy (non-hydrogen) atoms. The zero-order valence-electron chi connectivity index (χ0n) is 12.2. The number of nitro benzene ring substituents is 1. The molecule has 0 atom stereocenters. The number of Topliss-reactive ketones (excluding diaryl/α,β-unsaturated/α-hetero) is 1. The maximum atomic E-state index is 11.3. The second-order valence-corrected chi connectivity index (χ2v) is 4.48. The van der Waals surface area contributed by atoms with Crippen molar-refractivity contribution in [3.05, 3.63) is 58.1 Å². The number of carbonyl (C=O) groups excluding carboxylic acids is 1. The third kappa shape index (κ3) is 3.41. The van der Waals surface area contributed by atoms with Crippen LogP contribution in [0.5, 0.6) is 17.2 Å². The molecule has 0 radical (unpaired) electrons. The molecule has 0 aliphatic carbocycles. The van der Waals surface area contributed by atoms with Crippen LogP contribution in [0.25, 0.3) is 0 Å². The van der Waals surface area contributed by atoms with E-state index in [9.17, 15) is 14.9 Å². The van der Waals surface area contributed by atoms with E-state index in [1.165, 1.54) is 25.1 Å². The van der Waals surface area contributed by atoms with Gasteiger partial charge in [0.1, 0.15) is 0 Å². The van der Waals surface area contributed by atoms with Gasteiger partial charge in [-0.2, -0.15) is 0 Å². The van der Waals surface area contributed by atoms with Crippen molar-refractivity contribution in [3.8, 4) is 17.2 Å². The van der Waals surface area contributed by atoms with E-state index in [1.54, 1.807) is 24.3 Å². The summed E-state index contributed by atoms with van der Waals surface area (Å²) in [4.78, 5) is 21.9. The fourth-order valence-corrected chi connectivity index (χ4v) is 1.89. The van der Waals surface area contributed by atoms with E-state index in [0.29, 0.717) is 18.1 Å². The number of benzene rings is 2. The summed E-state index contributed by atoms with van der Waals surface area (Å²) in [5.41, 5.74) is -0.00357. The molecule has 0 aromatic heterocycles. The predicted molar refractivity (Wildman–Crippen MR) is 80.8 cm³/mol. The summed E-state index contributed by atoms with van der Waals surface area (Å²) >= 11 is 0. The zero-order valence-corrected chi connectivity index (χ0v) is 12.2. The van der Waals surface area contributed by atoms with E-state index >= 15 is 0 Å². The molecule has 2 rings (SSSR count). The lowest BCUT2D eigenvalue weighted by Crippen LogP contribution is -1.99. The van der Waals surface area contributed by atoms with Gasteiger partial charge in [0.05, 0.1) is 11.5 Å². The van der Waals surface area contributed by atoms with Gasteiger partial charge in [0.2, 0.25) is 5.75 Å². The molecular weight excluding hydrogens is 286 g/mol. The van der Waals surface area contributed by atoms with Crippen LogP contribution in [0.2, 0.25) is 0 Å². The van der Waals surface area contributed by atoms with Gasteiger partial charge in [-0.3, -0.25) is 14.9 Å². The van der Waals surface area contributed by atoms with E-state index < -0.39 is 4.92 Å². The van der Waals surface area contributed by atoms with Crippen LogP contribution in [-0.4, -0.2) is 17.3 Å². The molecule has 0 amide bonds. The summed E-state index contributed by atoms with van der Waals surface area (Å²) in [6.45, 7) is 3.64. The maximum Gasteiger partial charge on any atom is 0.312 e. The van der Waals surface area contributed by atoms with Gasteiger partial charge in [-0.1, -0.05) is 12.1 Å². The van der Waals surface area contributed by atoms with Crippen molar-refractivity contribution in [2.75, 3.05) is 6.61 Å². The molecule has 114 valence electrons. The number of ether oxygens (including phenoxy) is 2. The summed E-state index contributed by atoms with van der Waals surface area (Å²) in [5.74, 6) is 0.685. The Morgan fingerprint density at radius 2 is 1.82 bits per heavy atom. The Morgan fingerprint density at radius 3 is 2.41 bits per heavy atom. The normalized spacial score (nSPS) is 10.1. The number of para-hydroxylation sites is 2. The average Bonchev–Trinajstić information content (AvgIpc) is 2.49. The molecule has 2 aromatic carbocycles. The standard InChI is InChI=1S/C16H15NO5/c1-3-21-15-6-4-5-7-16(15)22-14-9-8-12(11(2)18)10-13(14)17(19)20/h4-10H,3H2,1-2H3. The van der Waals surface area contributed by atoms with Gasteiger partial charge in [0, 0.05) is 11.6 Å². The van der Waals surface area contributed by atoms with Gasteiger partial charge in [-0.05, 0) is 38.1 Å². The molecule has 0 unspecified atom stereocenters. The molecule has 0 aliphatic rings. The zero-order chi connectivity index (χ0) is 16.1. The number of nitro groups is 1. The van der Waals surface area contributed by atoms with Gasteiger partial charge >= 0.3 is 5.69 Å². The van der Waals surface area contributed by atoms with Gasteiger partial charge in [0.25, 0.3) is 0 Å². The first-order valence-corrected chi connectivity index (χ1v) is 6.72. The van der Waals surface area contributed by atoms with Crippen molar-refractivity contribution in [3.63, 3.8) is 0 Å². The summed E-state index contributed by atoms with van der Waals surface area (Å²) in [6.07, 6.45) is 0. The Labute approximate surface area is 127 Å². The molecule has 2 aromatic rings. The molecule has 6 nitrogen and oxygen atoms in total. The molecule has 0 aliphatic heterocycles. The number of hydrogen-bond donors (Lipinski definition) is 0. The first-order chi connectivity index (χ1) is 10.5. The lowest BCUT2D eigenvalue weighted by Gasteiger charge is -2.11. The highest BCUT2D eigenvalue weighted by molar-refractivity contribution is 5.95. The third-order valence-electron chi connectivity index (χ3n) is 2.93. The SMILES string of the molecule is CCOc1ccccc1Oc1ccc(C(C)=O)cc1[N+](=O)[O-]. The fourth-order valence-electron chi connectivity index (χ4n) is 1.89. The van der Waals surface area contributed by atoms with Crippen molar-refractivity contribution in [2.24, 2.45) is 0 Å². The fraction of sp³-hybridized carbons (Fsp3) is 0.188. The molecule has 0 heterocycles. The number of hydrogen-bond acceptors (Lipinski definition) is 5. The van der Waals surface area contributed by atoms with Crippen molar-refractivity contribution in [1.29, 1.82) is 0 Å². The molecule has 0 spiro atoms. The Hall–Kier alpha value is -2.89. The molecule has 6 heteroatoms. The minimum Gasteiger partial charge on any atom is -0.490 e. The monoisotopic (exact) mass is 301 g/mol. The van der Waals surface area contributed by atoms with Crippen molar-refractivity contribution in [1.82, 2.24) is 0 Å². The molecule has 0 saturated carbocycles. The molecule has 0 bridgehead atoms. The van der Waals surface area contributed by atoms with Gasteiger partial charge in [0.15, 0.2) is 17.3 Å². The highest BCUT2D eigenvalue weighted by Crippen LogP contribution is 2.36. The van der Waals surface area contributed by atoms with Crippen LogP contribution in [0, 0.1) is 10.1 Å². The van der Waals surface area contributed by atoms with E-state index in [-0.39, 0.29) is 22.8 Å². The number of nitrogens with zero attached hydrogens (tertiary/aromatic N) is 1. The van der Waals surface area contributed by atoms with Crippen LogP contribution in [0.4, 0.5) is 5.69 Å². The van der Waals surface area contributed by atoms with Crippen molar-refractivity contribution < 1.29 is 19.2 Å². The largest absolute Gasteiger partial charge is 0.490 e. The Kier molecular flexibility index (Phi) is 4.73. The topological polar surface area (TPSA) is 78.7 Å². The first-order valence-electron chi connectivity index (χ1n) is 6.72. The summed E-state index contributed by atoms with van der Waals surface area (Å²) in [6, 6.07) is 11.0. The van der Waals surface area contributed by atoms with Gasteiger partial charge < -0.3 is 9.47 Å². The van der Waals surface area contributed by atoms with E-state index in [0.717, 1.165) is 0 Å². The summed E-state index contributed by atoms with van der Waals surface area (Å²) in [5, 5.41) is 11.2. The van der Waals surface area contributed by atoms with Crippen LogP contribution >= 0.6 is 0 Å². The predicted octanol–water partition coefficient (Wildman–Crippen LogP) is 3.99. The average molecular weight is 301 g/mol. The first kappa shape index (κ1) is 15.5. The molecule has 0 N–H and O–H groups in total. The van der Waals surface area contributed by atoms with Crippen molar-refractivity contribution in [2.45, 2.75) is 13.8 Å². The highest BCUT2D eigenvalue weighted by Gasteiger charge is 2.19. The van der Waals surface area contributed by atoms with E-state index in [1.807, 2.05) is 6.92 Å². The number of carbonyl (C=O) groups is 1. The summed E-state index contributed by atoms with van der Waals surface area (Å²) < 4.78 is 11.0. The van der Waals surface area contributed by atoms with Gasteiger partial charge in [-0.15, -0.1) is 0 Å². The number of ketones is 1. The molecular formula is C16H15NO5. The Balaban J connectivity index is 2.41. The minimum absolute atomic E-state index is 0.0575. The number of rotatable bonds is 6. The van der Waals surface area contributed by atoms with Crippen LogP contribution in [0.3, 0.4) is 0 Å². The van der Waals surface area contributed by atoms with Crippen LogP contribution in [-0.2, 0) is 0 Å². The quantitative estimate of drug-likeness (QED) is 0.458. The van der Waals surface area contributed by atoms with E-state index in [4.69, 9.17) is 9.47 Å². The Morgan fingerprint density at radius 1 is 1.14 bits per heavy atom. The Bertz CT molecular complexity index is 711. The summed E-state index contributed by atoms with van der Waals surface area (Å²) in [7, 11) is 0. The lowest BCUT2D eigenvalue weighted by atomic mass is 10.1. The van der Waals surface area contributed by atoms with E-state index in [2.05, 4.69) is 0 Å². The highest BCUT2D eigenvalue weighted by atomic mass is 16.6. The van der Waals surface area contributed by atoms with Crippen LogP contribution in [0.1, 0.15) is 24.2 Å². The minimum atomic E-state index is -0.578. The maximum absolute atomic E-state index is 11.3. The molecule has 0 fully saturated rings. The third-order valence-corrected chi connectivity index (χ3v) is 2.93. The second-order valence-electron chi connectivity index (χ2n) is 4.48. The molecule has 0 saturated heterocycles. The smallest absolute Gasteiger partial charge is 0.312 e. The second kappa shape index (κ2) is 6.71.